The fraction of sp³-hybridized carbons (Fsp3) is 0.308. The van der Waals surface area contributed by atoms with Gasteiger partial charge in [-0.15, -0.1) is 11.3 Å². The lowest BCUT2D eigenvalue weighted by Crippen LogP contribution is -2.30. The highest BCUT2D eigenvalue weighted by Crippen LogP contribution is 2.44. The van der Waals surface area contributed by atoms with Crippen LogP contribution in [0.2, 0.25) is 0 Å². The van der Waals surface area contributed by atoms with Gasteiger partial charge in [0.1, 0.15) is 17.3 Å². The van der Waals surface area contributed by atoms with E-state index in [2.05, 4.69) is 34.6 Å². The number of aromatic nitrogens is 1. The Morgan fingerprint density at radius 2 is 1.74 bits per heavy atom. The quantitative estimate of drug-likeness (QED) is 0.540. The van der Waals surface area contributed by atoms with Crippen LogP contribution in [-0.4, -0.2) is 52.7 Å². The van der Waals surface area contributed by atoms with Crippen LogP contribution in [0.3, 0.4) is 0 Å². The molecule has 0 unspecified atom stereocenters. The van der Waals surface area contributed by atoms with Gasteiger partial charge in [-0.1, -0.05) is 55.5 Å². The summed E-state index contributed by atoms with van der Waals surface area (Å²) in [6.07, 6.45) is -0.549. The summed E-state index contributed by atoms with van der Waals surface area (Å²) in [7, 11) is 0. The van der Waals surface area contributed by atoms with Crippen LogP contribution in [0.4, 0.5) is 4.79 Å². The molecule has 35 heavy (non-hydrogen) atoms. The van der Waals surface area contributed by atoms with Gasteiger partial charge in [0, 0.05) is 24.4 Å². The molecular formula is C26H25N3O5S. The predicted octanol–water partition coefficient (Wildman–Crippen LogP) is 3.97. The highest BCUT2D eigenvalue weighted by molar-refractivity contribution is 7.09. The molecule has 2 aromatic carbocycles. The maximum Gasteiger partial charge on any atom is 0.407 e. The summed E-state index contributed by atoms with van der Waals surface area (Å²) in [5.41, 5.74) is 4.88. The summed E-state index contributed by atoms with van der Waals surface area (Å²) in [6.45, 7) is 2.76. The van der Waals surface area contributed by atoms with E-state index in [0.29, 0.717) is 11.6 Å². The van der Waals surface area contributed by atoms with E-state index in [1.165, 1.54) is 27.4 Å². The molecule has 1 aliphatic heterocycles. The molecule has 9 heteroatoms. The van der Waals surface area contributed by atoms with Crippen molar-refractivity contribution in [2.24, 2.45) is 11.8 Å². The van der Waals surface area contributed by atoms with Crippen molar-refractivity contribution < 1.29 is 24.2 Å². The zero-order valence-corrected chi connectivity index (χ0v) is 20.0. The molecule has 0 bridgehead atoms. The molecule has 3 aromatic rings. The fourth-order valence-electron chi connectivity index (χ4n) is 4.90. The molecule has 5 rings (SSSR count). The van der Waals surface area contributed by atoms with Gasteiger partial charge in [-0.25, -0.2) is 9.78 Å². The molecule has 1 aliphatic carbocycles. The number of likely N-dealkylation sites (tertiary alicyclic amines) is 1. The first-order valence-corrected chi connectivity index (χ1v) is 12.4. The van der Waals surface area contributed by atoms with Crippen molar-refractivity contribution in [2.45, 2.75) is 19.4 Å². The molecule has 2 atom stereocenters. The first-order valence-electron chi connectivity index (χ1n) is 11.5. The number of alkyl carbamates (subject to hydrolysis) is 1. The molecule has 1 fully saturated rings. The molecule has 8 nitrogen and oxygen atoms in total. The summed E-state index contributed by atoms with van der Waals surface area (Å²) in [4.78, 5) is 42.3. The summed E-state index contributed by atoms with van der Waals surface area (Å²) in [5.74, 6) is -1.87. The average molecular weight is 492 g/mol. The van der Waals surface area contributed by atoms with E-state index in [0.717, 1.165) is 11.1 Å². The molecule has 0 spiro atoms. The molecule has 2 heterocycles. The number of nitrogens with one attached hydrogen (secondary N) is 1. The molecule has 2 amide bonds. The monoisotopic (exact) mass is 491 g/mol. The van der Waals surface area contributed by atoms with E-state index in [-0.39, 0.29) is 43.1 Å². The third kappa shape index (κ3) is 4.51. The molecule has 1 saturated heterocycles. The lowest BCUT2D eigenvalue weighted by atomic mass is 9.98. The minimum Gasteiger partial charge on any atom is -0.481 e. The second-order valence-electron chi connectivity index (χ2n) is 8.94. The van der Waals surface area contributed by atoms with Crippen LogP contribution >= 0.6 is 11.3 Å². The van der Waals surface area contributed by atoms with Gasteiger partial charge in [0.2, 0.25) is 0 Å². The van der Waals surface area contributed by atoms with Gasteiger partial charge < -0.3 is 20.1 Å². The number of hydrogen-bond acceptors (Lipinski definition) is 6. The normalized spacial score (nSPS) is 18.7. The minimum atomic E-state index is -0.890. The van der Waals surface area contributed by atoms with Crippen LogP contribution < -0.4 is 5.32 Å². The van der Waals surface area contributed by atoms with Gasteiger partial charge in [-0.05, 0) is 28.2 Å². The van der Waals surface area contributed by atoms with E-state index in [4.69, 9.17) is 4.74 Å². The number of rotatable bonds is 6. The number of benzene rings is 2. The Morgan fingerprint density at radius 3 is 2.37 bits per heavy atom. The van der Waals surface area contributed by atoms with Crippen molar-refractivity contribution in [3.05, 3.63) is 75.7 Å². The van der Waals surface area contributed by atoms with Gasteiger partial charge in [0.25, 0.3) is 5.91 Å². The summed E-state index contributed by atoms with van der Waals surface area (Å²) >= 11 is 1.27. The number of ether oxygens (including phenoxy) is 1. The summed E-state index contributed by atoms with van der Waals surface area (Å²) in [5, 5.41) is 14.2. The number of carbonyl (C=O) groups excluding carboxylic acids is 2. The zero-order chi connectivity index (χ0) is 24.5. The standard InChI is InChI=1S/C26H25N3O5S/c1-15-11-29(12-20(15)25(31)32)24(30)22-14-35-23(28-22)10-27-26(33)34-13-21-18-8-4-2-6-16(18)17-7-3-5-9-19(17)21/h2-9,14-15,20-21H,10-13H2,1H3,(H,27,33)(H,31,32)/t15-,20-/m1/s1. The van der Waals surface area contributed by atoms with E-state index in [9.17, 15) is 19.5 Å². The maximum atomic E-state index is 12.7. The minimum absolute atomic E-state index is 0.0188. The Labute approximate surface area is 206 Å². The van der Waals surface area contributed by atoms with Crippen molar-refractivity contribution in [3.63, 3.8) is 0 Å². The summed E-state index contributed by atoms with van der Waals surface area (Å²) in [6, 6.07) is 16.3. The van der Waals surface area contributed by atoms with Crippen molar-refractivity contribution in [1.82, 2.24) is 15.2 Å². The number of aliphatic carboxylic acids is 1. The Hall–Kier alpha value is -3.72. The maximum absolute atomic E-state index is 12.7. The largest absolute Gasteiger partial charge is 0.481 e. The van der Waals surface area contributed by atoms with E-state index in [1.807, 2.05) is 31.2 Å². The highest BCUT2D eigenvalue weighted by atomic mass is 32.1. The van der Waals surface area contributed by atoms with Crippen LogP contribution in [-0.2, 0) is 16.1 Å². The van der Waals surface area contributed by atoms with Crippen LogP contribution in [0, 0.1) is 11.8 Å². The second-order valence-corrected chi connectivity index (χ2v) is 9.88. The van der Waals surface area contributed by atoms with E-state index in [1.54, 1.807) is 5.38 Å². The number of fused-ring (bicyclic) bond motifs is 3. The highest BCUT2D eigenvalue weighted by Gasteiger charge is 2.37. The predicted molar refractivity (Wildman–Crippen MR) is 130 cm³/mol. The topological polar surface area (TPSA) is 109 Å². The van der Waals surface area contributed by atoms with Crippen molar-refractivity contribution in [1.29, 1.82) is 0 Å². The number of carboxylic acid groups (broad SMARTS) is 1. The molecular weight excluding hydrogens is 466 g/mol. The average Bonchev–Trinajstić information content (AvgIpc) is 3.57. The first-order chi connectivity index (χ1) is 16.9. The van der Waals surface area contributed by atoms with Gasteiger partial charge >= 0.3 is 12.1 Å². The van der Waals surface area contributed by atoms with Crippen LogP contribution in [0.1, 0.15) is 39.5 Å². The third-order valence-electron chi connectivity index (χ3n) is 6.72. The Kier molecular flexibility index (Phi) is 6.25. The Bertz CT molecular complexity index is 1240. The van der Waals surface area contributed by atoms with Gasteiger partial charge in [-0.3, -0.25) is 9.59 Å². The SMILES string of the molecule is C[C@@H]1CN(C(=O)c2csc(CNC(=O)OCC3c4ccccc4-c4ccccc43)n2)C[C@H]1C(=O)O. The molecule has 2 N–H and O–H groups in total. The van der Waals surface area contributed by atoms with Crippen molar-refractivity contribution in [3.8, 4) is 11.1 Å². The van der Waals surface area contributed by atoms with Gasteiger partial charge in [-0.2, -0.15) is 0 Å². The molecule has 1 aromatic heterocycles. The van der Waals surface area contributed by atoms with Crippen LogP contribution in [0.5, 0.6) is 0 Å². The molecule has 0 saturated carbocycles. The number of carbonyl (C=O) groups is 3. The lowest BCUT2D eigenvalue weighted by Gasteiger charge is -2.14. The van der Waals surface area contributed by atoms with Gasteiger partial charge in [0.15, 0.2) is 0 Å². The smallest absolute Gasteiger partial charge is 0.407 e. The summed E-state index contributed by atoms with van der Waals surface area (Å²) < 4.78 is 5.54. The van der Waals surface area contributed by atoms with E-state index >= 15 is 0 Å². The first kappa shape index (κ1) is 23.0. The van der Waals surface area contributed by atoms with Crippen molar-refractivity contribution in [2.75, 3.05) is 19.7 Å². The second kappa shape index (κ2) is 9.50. The molecule has 180 valence electrons. The van der Waals surface area contributed by atoms with Crippen LogP contribution in [0.25, 0.3) is 11.1 Å². The van der Waals surface area contributed by atoms with E-state index < -0.39 is 18.0 Å². The molecule has 0 radical (unpaired) electrons. The number of thiazole rings is 1. The number of carboxylic acids is 1. The zero-order valence-electron chi connectivity index (χ0n) is 19.1. The number of hydrogen-bond donors (Lipinski definition) is 2. The van der Waals surface area contributed by atoms with Crippen molar-refractivity contribution >= 4 is 29.3 Å². The lowest BCUT2D eigenvalue weighted by molar-refractivity contribution is -0.142. The van der Waals surface area contributed by atoms with Crippen LogP contribution in [0.15, 0.2) is 53.9 Å². The fourth-order valence-corrected chi connectivity index (χ4v) is 5.61. The Balaban J connectivity index is 1.15. The van der Waals surface area contributed by atoms with Gasteiger partial charge in [0.05, 0.1) is 12.5 Å². The molecule has 2 aliphatic rings. The number of nitrogens with zero attached hydrogens (tertiary/aromatic N) is 2. The number of amides is 2. The Morgan fingerprint density at radius 1 is 1.09 bits per heavy atom. The third-order valence-corrected chi connectivity index (χ3v) is 7.56.